The summed E-state index contributed by atoms with van der Waals surface area (Å²) in [7, 11) is 1.62. The zero-order valence-corrected chi connectivity index (χ0v) is 12.0. The number of methoxy groups -OCH3 is 1. The highest BCUT2D eigenvalue weighted by Gasteiger charge is 2.09. The van der Waals surface area contributed by atoms with Crippen LogP contribution in [0.2, 0.25) is 5.02 Å². The number of halogens is 1. The summed E-state index contributed by atoms with van der Waals surface area (Å²) in [6.07, 6.45) is 0. The van der Waals surface area contributed by atoms with E-state index in [4.69, 9.17) is 22.1 Å². The molecule has 0 heterocycles. The third-order valence-corrected chi connectivity index (χ3v) is 3.53. The van der Waals surface area contributed by atoms with Crippen molar-refractivity contribution in [3.63, 3.8) is 0 Å². The topological polar surface area (TPSA) is 47.3 Å². The highest BCUT2D eigenvalue weighted by molar-refractivity contribution is 6.31. The quantitative estimate of drug-likeness (QED) is 0.822. The number of aryl methyl sites for hydroxylation is 1. The van der Waals surface area contributed by atoms with Gasteiger partial charge in [-0.05, 0) is 43.2 Å². The number of anilines is 3. The molecule has 3 nitrogen and oxygen atoms in total. The molecule has 0 aliphatic heterocycles. The summed E-state index contributed by atoms with van der Waals surface area (Å²) in [6, 6.07) is 9.55. The van der Waals surface area contributed by atoms with Crippen LogP contribution in [0.5, 0.6) is 5.75 Å². The van der Waals surface area contributed by atoms with E-state index in [0.717, 1.165) is 28.2 Å². The number of rotatable bonds is 3. The molecule has 0 aliphatic carbocycles. The molecule has 0 spiro atoms. The monoisotopic (exact) mass is 276 g/mol. The Balaban J connectivity index is 2.43. The van der Waals surface area contributed by atoms with Crippen LogP contribution in [-0.4, -0.2) is 7.11 Å². The van der Waals surface area contributed by atoms with Crippen molar-refractivity contribution in [1.29, 1.82) is 0 Å². The minimum atomic E-state index is 0.687. The number of nitrogen functional groups attached to an aromatic ring is 1. The lowest BCUT2D eigenvalue weighted by Crippen LogP contribution is -1.99. The van der Waals surface area contributed by atoms with E-state index < -0.39 is 0 Å². The smallest absolute Gasteiger partial charge is 0.143 e. The standard InChI is InChI=1S/C15H17ClN2O/c1-9-7-14(15(19-3)8-11(9)16)18-13-6-4-5-12(17)10(13)2/h4-8,18H,17H2,1-3H3. The fourth-order valence-electron chi connectivity index (χ4n) is 1.86. The first kappa shape index (κ1) is 13.6. The third-order valence-electron chi connectivity index (χ3n) is 3.13. The molecule has 2 aromatic carbocycles. The predicted octanol–water partition coefficient (Wildman–Crippen LogP) is 4.29. The largest absolute Gasteiger partial charge is 0.495 e. The maximum Gasteiger partial charge on any atom is 0.143 e. The number of ether oxygens (including phenoxy) is 1. The Hall–Kier alpha value is -1.87. The summed E-state index contributed by atoms with van der Waals surface area (Å²) in [5, 5.41) is 4.02. The molecule has 0 bridgehead atoms. The van der Waals surface area contributed by atoms with Crippen LogP contribution >= 0.6 is 11.6 Å². The molecule has 3 N–H and O–H groups in total. The second-order valence-electron chi connectivity index (χ2n) is 4.45. The van der Waals surface area contributed by atoms with Crippen LogP contribution in [0, 0.1) is 13.8 Å². The fraction of sp³-hybridized carbons (Fsp3) is 0.200. The van der Waals surface area contributed by atoms with E-state index in [2.05, 4.69) is 5.32 Å². The fourth-order valence-corrected chi connectivity index (χ4v) is 2.02. The Bertz CT molecular complexity index is 611. The van der Waals surface area contributed by atoms with Crippen molar-refractivity contribution in [3.05, 3.63) is 46.5 Å². The Labute approximate surface area is 118 Å². The second-order valence-corrected chi connectivity index (χ2v) is 4.85. The molecule has 0 saturated carbocycles. The number of nitrogens with one attached hydrogen (secondary N) is 1. The molecule has 2 aromatic rings. The van der Waals surface area contributed by atoms with Crippen molar-refractivity contribution in [2.45, 2.75) is 13.8 Å². The first-order valence-electron chi connectivity index (χ1n) is 5.99. The molecular formula is C15H17ClN2O. The molecule has 4 heteroatoms. The minimum Gasteiger partial charge on any atom is -0.495 e. The molecule has 0 radical (unpaired) electrons. The van der Waals surface area contributed by atoms with Crippen molar-refractivity contribution in [2.24, 2.45) is 0 Å². The summed E-state index contributed by atoms with van der Waals surface area (Å²) in [5.74, 6) is 0.706. The van der Waals surface area contributed by atoms with Crippen LogP contribution in [0.15, 0.2) is 30.3 Å². The predicted molar refractivity (Wildman–Crippen MR) is 81.6 cm³/mol. The molecule has 100 valence electrons. The third kappa shape index (κ3) is 2.76. The molecule has 0 fully saturated rings. The zero-order chi connectivity index (χ0) is 14.0. The van der Waals surface area contributed by atoms with Crippen LogP contribution in [0.3, 0.4) is 0 Å². The Morgan fingerprint density at radius 2 is 1.89 bits per heavy atom. The SMILES string of the molecule is COc1cc(Cl)c(C)cc1Nc1cccc(N)c1C. The Morgan fingerprint density at radius 1 is 1.16 bits per heavy atom. The van der Waals surface area contributed by atoms with E-state index in [0.29, 0.717) is 10.8 Å². The molecule has 2 rings (SSSR count). The van der Waals surface area contributed by atoms with Crippen LogP contribution in [-0.2, 0) is 0 Å². The van der Waals surface area contributed by atoms with Gasteiger partial charge in [0.05, 0.1) is 12.8 Å². The molecule has 0 saturated heterocycles. The summed E-state index contributed by atoms with van der Waals surface area (Å²) < 4.78 is 5.35. The van der Waals surface area contributed by atoms with Gasteiger partial charge in [-0.25, -0.2) is 0 Å². The lowest BCUT2D eigenvalue weighted by Gasteiger charge is -2.15. The first-order valence-corrected chi connectivity index (χ1v) is 6.37. The van der Waals surface area contributed by atoms with Crippen molar-refractivity contribution in [1.82, 2.24) is 0 Å². The summed E-state index contributed by atoms with van der Waals surface area (Å²) in [6.45, 7) is 3.94. The molecule has 0 aliphatic rings. The van der Waals surface area contributed by atoms with E-state index in [1.165, 1.54) is 0 Å². The number of benzene rings is 2. The van der Waals surface area contributed by atoms with Gasteiger partial charge in [0.1, 0.15) is 5.75 Å². The second kappa shape index (κ2) is 5.41. The lowest BCUT2D eigenvalue weighted by atomic mass is 10.1. The van der Waals surface area contributed by atoms with Gasteiger partial charge in [-0.3, -0.25) is 0 Å². The van der Waals surface area contributed by atoms with Crippen LogP contribution in [0.4, 0.5) is 17.1 Å². The summed E-state index contributed by atoms with van der Waals surface area (Å²) in [5.41, 5.74) is 10.5. The average Bonchev–Trinajstić information content (AvgIpc) is 2.39. The molecule has 0 unspecified atom stereocenters. The molecule has 0 aromatic heterocycles. The zero-order valence-electron chi connectivity index (χ0n) is 11.3. The number of hydrogen-bond donors (Lipinski definition) is 2. The van der Waals surface area contributed by atoms with Gasteiger partial charge < -0.3 is 15.8 Å². The Kier molecular flexibility index (Phi) is 3.86. The summed E-state index contributed by atoms with van der Waals surface area (Å²) in [4.78, 5) is 0. The van der Waals surface area contributed by atoms with E-state index >= 15 is 0 Å². The number of hydrogen-bond acceptors (Lipinski definition) is 3. The van der Waals surface area contributed by atoms with E-state index in [9.17, 15) is 0 Å². The van der Waals surface area contributed by atoms with Crippen molar-refractivity contribution >= 4 is 28.7 Å². The van der Waals surface area contributed by atoms with Gasteiger partial charge in [-0.2, -0.15) is 0 Å². The van der Waals surface area contributed by atoms with Gasteiger partial charge in [0, 0.05) is 22.5 Å². The van der Waals surface area contributed by atoms with Gasteiger partial charge in [0.25, 0.3) is 0 Å². The first-order chi connectivity index (χ1) is 9.02. The van der Waals surface area contributed by atoms with E-state index in [1.807, 2.05) is 38.1 Å². The molecule has 19 heavy (non-hydrogen) atoms. The highest BCUT2D eigenvalue weighted by atomic mass is 35.5. The number of nitrogens with two attached hydrogens (primary N) is 1. The maximum absolute atomic E-state index is 6.10. The molecular weight excluding hydrogens is 260 g/mol. The van der Waals surface area contributed by atoms with Gasteiger partial charge in [-0.15, -0.1) is 0 Å². The van der Waals surface area contributed by atoms with Crippen molar-refractivity contribution in [2.75, 3.05) is 18.2 Å². The van der Waals surface area contributed by atoms with Crippen LogP contribution in [0.25, 0.3) is 0 Å². The van der Waals surface area contributed by atoms with Gasteiger partial charge >= 0.3 is 0 Å². The van der Waals surface area contributed by atoms with Gasteiger partial charge in [0.15, 0.2) is 0 Å². The molecule has 0 amide bonds. The van der Waals surface area contributed by atoms with Crippen LogP contribution < -0.4 is 15.8 Å². The normalized spacial score (nSPS) is 10.3. The maximum atomic E-state index is 6.10. The van der Waals surface area contributed by atoms with Crippen molar-refractivity contribution < 1.29 is 4.74 Å². The molecule has 0 atom stereocenters. The van der Waals surface area contributed by atoms with E-state index in [1.54, 1.807) is 13.2 Å². The Morgan fingerprint density at radius 3 is 2.58 bits per heavy atom. The lowest BCUT2D eigenvalue weighted by molar-refractivity contribution is 0.417. The van der Waals surface area contributed by atoms with Gasteiger partial charge in [0.2, 0.25) is 0 Å². The van der Waals surface area contributed by atoms with Crippen molar-refractivity contribution in [3.8, 4) is 5.75 Å². The summed E-state index contributed by atoms with van der Waals surface area (Å²) >= 11 is 6.10. The van der Waals surface area contributed by atoms with Crippen LogP contribution in [0.1, 0.15) is 11.1 Å². The van der Waals surface area contributed by atoms with Gasteiger partial charge in [-0.1, -0.05) is 17.7 Å². The highest BCUT2D eigenvalue weighted by Crippen LogP contribution is 2.34. The minimum absolute atomic E-state index is 0.687. The van der Waals surface area contributed by atoms with E-state index in [-0.39, 0.29) is 0 Å². The average molecular weight is 277 g/mol.